The summed E-state index contributed by atoms with van der Waals surface area (Å²) in [5, 5.41) is 5.90. The maximum atomic E-state index is 11.9. The van der Waals surface area contributed by atoms with E-state index in [2.05, 4.69) is 25.5 Å². The number of anilines is 2. The van der Waals surface area contributed by atoms with E-state index in [0.717, 1.165) is 29.6 Å². The van der Waals surface area contributed by atoms with E-state index in [1.807, 2.05) is 13.0 Å². The number of aromatic nitrogens is 2. The molecule has 2 saturated heterocycles. The van der Waals surface area contributed by atoms with E-state index in [4.69, 9.17) is 0 Å². The van der Waals surface area contributed by atoms with Gasteiger partial charge in [0.15, 0.2) is 0 Å². The van der Waals surface area contributed by atoms with Crippen molar-refractivity contribution < 1.29 is 14.4 Å². The number of amides is 3. The number of rotatable bonds is 7. The molecule has 9 heteroatoms. The summed E-state index contributed by atoms with van der Waals surface area (Å²) in [4.78, 5) is 47.1. The number of likely N-dealkylation sites (tertiary alicyclic amines) is 1. The zero-order valence-electron chi connectivity index (χ0n) is 15.7. The summed E-state index contributed by atoms with van der Waals surface area (Å²) in [6.07, 6.45) is 4.01. The fourth-order valence-electron chi connectivity index (χ4n) is 3.32. The zero-order valence-corrected chi connectivity index (χ0v) is 15.7. The molecule has 1 aromatic heterocycles. The quantitative estimate of drug-likeness (QED) is 0.527. The number of nitrogens with one attached hydrogen (secondary N) is 2. The van der Waals surface area contributed by atoms with Crippen molar-refractivity contribution in [2.24, 2.45) is 0 Å². The molecule has 3 rings (SSSR count). The van der Waals surface area contributed by atoms with E-state index in [0.29, 0.717) is 18.9 Å². The standard InChI is InChI=1S/C18H26N6O3/c1-13-21-14(11-15(22-13)23-9-3-2-4-10-23)19-7-8-20-16(25)12-24-17(26)5-6-18(24)27/h11H,2-10,12H2,1H3,(H,20,25)(H,19,21,22). The lowest BCUT2D eigenvalue weighted by atomic mass is 10.1. The molecule has 2 aliphatic heterocycles. The molecule has 0 atom stereocenters. The zero-order chi connectivity index (χ0) is 19.2. The predicted molar refractivity (Wildman–Crippen MR) is 100 cm³/mol. The van der Waals surface area contributed by atoms with Crippen LogP contribution in [0.4, 0.5) is 11.6 Å². The van der Waals surface area contributed by atoms with Crippen molar-refractivity contribution in [3.05, 3.63) is 11.9 Å². The fraction of sp³-hybridized carbons (Fsp3) is 0.611. The van der Waals surface area contributed by atoms with Gasteiger partial charge in [-0.15, -0.1) is 0 Å². The lowest BCUT2D eigenvalue weighted by molar-refractivity contribution is -0.142. The highest BCUT2D eigenvalue weighted by molar-refractivity contribution is 6.04. The topological polar surface area (TPSA) is 108 Å². The summed E-state index contributed by atoms with van der Waals surface area (Å²) in [6.45, 7) is 4.55. The third kappa shape index (κ3) is 5.15. The summed E-state index contributed by atoms with van der Waals surface area (Å²) in [6, 6.07) is 1.93. The largest absolute Gasteiger partial charge is 0.368 e. The van der Waals surface area contributed by atoms with Gasteiger partial charge >= 0.3 is 0 Å². The predicted octanol–water partition coefficient (Wildman–Crippen LogP) is 0.452. The summed E-state index contributed by atoms with van der Waals surface area (Å²) >= 11 is 0. The average Bonchev–Trinajstić information content (AvgIpc) is 2.97. The third-order valence-electron chi connectivity index (χ3n) is 4.71. The second-order valence-electron chi connectivity index (χ2n) is 6.86. The molecule has 3 heterocycles. The average molecular weight is 374 g/mol. The van der Waals surface area contributed by atoms with Gasteiger partial charge in [0.2, 0.25) is 17.7 Å². The summed E-state index contributed by atoms with van der Waals surface area (Å²) in [5.41, 5.74) is 0. The monoisotopic (exact) mass is 374 g/mol. The van der Waals surface area contributed by atoms with Crippen molar-refractivity contribution >= 4 is 29.4 Å². The molecule has 2 aliphatic rings. The van der Waals surface area contributed by atoms with Crippen LogP contribution in [0, 0.1) is 6.92 Å². The Bertz CT molecular complexity index is 701. The molecule has 0 radical (unpaired) electrons. The lowest BCUT2D eigenvalue weighted by Gasteiger charge is -2.28. The fourth-order valence-corrected chi connectivity index (χ4v) is 3.32. The maximum absolute atomic E-state index is 11.9. The molecule has 1 aromatic rings. The smallest absolute Gasteiger partial charge is 0.240 e. The Morgan fingerprint density at radius 2 is 1.78 bits per heavy atom. The van der Waals surface area contributed by atoms with Crippen LogP contribution in [0.1, 0.15) is 37.9 Å². The molecule has 2 fully saturated rings. The first-order chi connectivity index (χ1) is 13.0. The third-order valence-corrected chi connectivity index (χ3v) is 4.71. The van der Waals surface area contributed by atoms with Crippen LogP contribution in [-0.4, -0.2) is 65.3 Å². The summed E-state index contributed by atoms with van der Waals surface area (Å²) in [5.74, 6) is 1.45. The summed E-state index contributed by atoms with van der Waals surface area (Å²) in [7, 11) is 0. The number of carbonyl (C=O) groups excluding carboxylic acids is 3. The molecule has 9 nitrogen and oxygen atoms in total. The molecule has 3 amide bonds. The van der Waals surface area contributed by atoms with Gasteiger partial charge in [0.05, 0.1) is 0 Å². The highest BCUT2D eigenvalue weighted by Gasteiger charge is 2.30. The van der Waals surface area contributed by atoms with Gasteiger partial charge in [-0.05, 0) is 26.2 Å². The minimum Gasteiger partial charge on any atom is -0.368 e. The van der Waals surface area contributed by atoms with Crippen molar-refractivity contribution in [1.29, 1.82) is 0 Å². The number of imide groups is 1. The molecule has 0 saturated carbocycles. The van der Waals surface area contributed by atoms with Gasteiger partial charge in [0.1, 0.15) is 24.0 Å². The second-order valence-corrected chi connectivity index (χ2v) is 6.86. The minimum absolute atomic E-state index is 0.195. The maximum Gasteiger partial charge on any atom is 0.240 e. The number of nitrogens with zero attached hydrogens (tertiary/aromatic N) is 4. The SMILES string of the molecule is Cc1nc(NCCNC(=O)CN2C(=O)CCC2=O)cc(N2CCCCC2)n1. The van der Waals surface area contributed by atoms with Crippen LogP contribution in [0.5, 0.6) is 0 Å². The first-order valence-corrected chi connectivity index (χ1v) is 9.47. The number of aryl methyl sites for hydroxylation is 1. The van der Waals surface area contributed by atoms with Crippen molar-refractivity contribution in [2.75, 3.05) is 42.9 Å². The Labute approximate surface area is 158 Å². The van der Waals surface area contributed by atoms with Crippen LogP contribution in [0.3, 0.4) is 0 Å². The van der Waals surface area contributed by atoms with Crippen LogP contribution in [0.15, 0.2) is 6.07 Å². The minimum atomic E-state index is -0.340. The number of piperidine rings is 1. The van der Waals surface area contributed by atoms with E-state index < -0.39 is 0 Å². The van der Waals surface area contributed by atoms with Gasteiger partial charge in [0, 0.05) is 45.1 Å². The Morgan fingerprint density at radius 1 is 1.07 bits per heavy atom. The van der Waals surface area contributed by atoms with Crippen LogP contribution in [0.2, 0.25) is 0 Å². The van der Waals surface area contributed by atoms with Gasteiger partial charge in [-0.25, -0.2) is 9.97 Å². The Hall–Kier alpha value is -2.71. The molecule has 0 aliphatic carbocycles. The van der Waals surface area contributed by atoms with Gasteiger partial charge in [-0.1, -0.05) is 0 Å². The highest BCUT2D eigenvalue weighted by Crippen LogP contribution is 2.20. The van der Waals surface area contributed by atoms with Crippen molar-refractivity contribution in [1.82, 2.24) is 20.2 Å². The van der Waals surface area contributed by atoms with E-state index in [1.54, 1.807) is 0 Å². The number of carbonyl (C=O) groups is 3. The summed E-state index contributed by atoms with van der Waals surface area (Å²) < 4.78 is 0. The second kappa shape index (κ2) is 8.79. The Morgan fingerprint density at radius 3 is 2.48 bits per heavy atom. The van der Waals surface area contributed by atoms with Crippen molar-refractivity contribution in [3.8, 4) is 0 Å². The van der Waals surface area contributed by atoms with E-state index >= 15 is 0 Å². The molecule has 2 N–H and O–H groups in total. The Balaban J connectivity index is 1.44. The normalized spacial score (nSPS) is 17.4. The molecule has 27 heavy (non-hydrogen) atoms. The van der Waals surface area contributed by atoms with E-state index in [9.17, 15) is 14.4 Å². The Kier molecular flexibility index (Phi) is 6.20. The van der Waals surface area contributed by atoms with E-state index in [1.165, 1.54) is 19.3 Å². The lowest BCUT2D eigenvalue weighted by Crippen LogP contribution is -2.41. The molecule has 0 unspecified atom stereocenters. The van der Waals surface area contributed by atoms with Gasteiger partial charge in [-0.2, -0.15) is 0 Å². The molecule has 146 valence electrons. The highest BCUT2D eigenvalue weighted by atomic mass is 16.2. The van der Waals surface area contributed by atoms with E-state index in [-0.39, 0.29) is 37.1 Å². The molecular weight excluding hydrogens is 348 g/mol. The van der Waals surface area contributed by atoms with Crippen molar-refractivity contribution in [2.45, 2.75) is 39.0 Å². The number of hydrogen-bond donors (Lipinski definition) is 2. The number of hydrogen-bond acceptors (Lipinski definition) is 7. The van der Waals surface area contributed by atoms with Crippen LogP contribution >= 0.6 is 0 Å². The van der Waals surface area contributed by atoms with Crippen molar-refractivity contribution in [3.63, 3.8) is 0 Å². The van der Waals surface area contributed by atoms with Crippen LogP contribution in [-0.2, 0) is 14.4 Å². The van der Waals surface area contributed by atoms with Crippen LogP contribution in [0.25, 0.3) is 0 Å². The van der Waals surface area contributed by atoms with Gasteiger partial charge < -0.3 is 15.5 Å². The molecule has 0 bridgehead atoms. The first-order valence-electron chi connectivity index (χ1n) is 9.47. The van der Waals surface area contributed by atoms with Gasteiger partial charge in [0.25, 0.3) is 0 Å². The van der Waals surface area contributed by atoms with Gasteiger partial charge in [-0.3, -0.25) is 19.3 Å². The molecule has 0 aromatic carbocycles. The first kappa shape index (κ1) is 19.1. The molecule has 0 spiro atoms. The van der Waals surface area contributed by atoms with Crippen LogP contribution < -0.4 is 15.5 Å². The molecular formula is C18H26N6O3.